The van der Waals surface area contributed by atoms with Crippen molar-refractivity contribution in [3.63, 3.8) is 0 Å². The Labute approximate surface area is 124 Å². The lowest BCUT2D eigenvalue weighted by atomic mass is 10.3. The summed E-state index contributed by atoms with van der Waals surface area (Å²) in [5.41, 5.74) is -0.0955. The predicted molar refractivity (Wildman–Crippen MR) is 81.8 cm³/mol. The van der Waals surface area contributed by atoms with Crippen LogP contribution in [0.5, 0.6) is 0 Å². The van der Waals surface area contributed by atoms with E-state index in [0.717, 1.165) is 13.0 Å². The van der Waals surface area contributed by atoms with Gasteiger partial charge in [0.25, 0.3) is 0 Å². The normalized spacial score (nSPS) is 12.0. The lowest BCUT2D eigenvalue weighted by Gasteiger charge is -2.28. The van der Waals surface area contributed by atoms with Gasteiger partial charge in [-0.2, -0.15) is 4.98 Å². The Kier molecular flexibility index (Phi) is 6.80. The van der Waals surface area contributed by atoms with Gasteiger partial charge in [0.15, 0.2) is 0 Å². The average molecular weight is 297 g/mol. The highest BCUT2D eigenvalue weighted by molar-refractivity contribution is 5.59. The van der Waals surface area contributed by atoms with Crippen LogP contribution in [0.4, 0.5) is 17.5 Å². The fourth-order valence-electron chi connectivity index (χ4n) is 2.03. The number of likely N-dealkylation sites (N-methyl/N-ethyl adjacent to an activating group) is 1. The van der Waals surface area contributed by atoms with E-state index in [1.807, 2.05) is 25.7 Å². The molecule has 1 atom stereocenters. The molecule has 0 aromatic carbocycles. The molecule has 0 saturated heterocycles. The molecule has 1 aromatic heterocycles. The molecular weight excluding hydrogens is 274 g/mol. The zero-order valence-corrected chi connectivity index (χ0v) is 13.0. The van der Waals surface area contributed by atoms with Gasteiger partial charge in [-0.1, -0.05) is 6.92 Å². The van der Waals surface area contributed by atoms with Gasteiger partial charge in [-0.05, 0) is 20.3 Å². The van der Waals surface area contributed by atoms with E-state index in [2.05, 4.69) is 15.3 Å². The van der Waals surface area contributed by atoms with Crippen molar-refractivity contribution in [2.75, 3.05) is 37.0 Å². The third kappa shape index (κ3) is 4.52. The number of hydrogen-bond acceptors (Lipinski definition) is 7. The number of nitrogens with one attached hydrogen (secondary N) is 1. The summed E-state index contributed by atoms with van der Waals surface area (Å²) in [4.78, 5) is 20.9. The van der Waals surface area contributed by atoms with Crippen molar-refractivity contribution in [2.45, 2.75) is 33.2 Å². The third-order valence-electron chi connectivity index (χ3n) is 3.03. The van der Waals surface area contributed by atoms with Gasteiger partial charge >= 0.3 is 5.69 Å². The van der Waals surface area contributed by atoms with Gasteiger partial charge in [0.2, 0.25) is 11.8 Å². The Hall–Kier alpha value is -1.96. The zero-order valence-electron chi connectivity index (χ0n) is 13.0. The van der Waals surface area contributed by atoms with Gasteiger partial charge in [0, 0.05) is 20.2 Å². The zero-order chi connectivity index (χ0) is 15.8. The fraction of sp³-hybridized carbons (Fsp3) is 0.692. The number of methoxy groups -OCH3 is 1. The highest BCUT2D eigenvalue weighted by Gasteiger charge is 2.25. The van der Waals surface area contributed by atoms with E-state index in [1.165, 1.54) is 6.20 Å². The first-order valence-electron chi connectivity index (χ1n) is 7.05. The van der Waals surface area contributed by atoms with Gasteiger partial charge in [-0.15, -0.1) is 0 Å². The summed E-state index contributed by atoms with van der Waals surface area (Å²) in [6.07, 6.45) is 2.18. The molecule has 118 valence electrons. The number of hydrogen-bond donors (Lipinski definition) is 1. The summed E-state index contributed by atoms with van der Waals surface area (Å²) in [5.74, 6) is 0.723. The van der Waals surface area contributed by atoms with E-state index in [9.17, 15) is 10.1 Å². The Bertz CT molecular complexity index is 469. The first-order valence-corrected chi connectivity index (χ1v) is 7.05. The van der Waals surface area contributed by atoms with Crippen LogP contribution in [0, 0.1) is 10.1 Å². The molecule has 0 spiro atoms. The molecule has 1 N–H and O–H groups in total. The van der Waals surface area contributed by atoms with Crippen LogP contribution in [0.2, 0.25) is 0 Å². The van der Waals surface area contributed by atoms with Crippen molar-refractivity contribution in [3.05, 3.63) is 16.3 Å². The first kappa shape index (κ1) is 17.1. The quantitative estimate of drug-likeness (QED) is 0.550. The summed E-state index contributed by atoms with van der Waals surface area (Å²) in [6.45, 7) is 7.67. The molecule has 8 heteroatoms. The maximum Gasteiger partial charge on any atom is 0.329 e. The Morgan fingerprint density at radius 3 is 2.76 bits per heavy atom. The number of anilines is 2. The standard InChI is InChI=1S/C13H23N5O3/c1-5-7-14-13-15-8-11(18(19)20)12(16-13)17(6-2)10(3)9-21-4/h8,10H,5-7,9H2,1-4H3,(H,14,15,16). The maximum atomic E-state index is 11.2. The number of nitrogens with zero attached hydrogens (tertiary/aromatic N) is 4. The molecule has 0 radical (unpaired) electrons. The second-order valence-corrected chi connectivity index (χ2v) is 4.68. The van der Waals surface area contributed by atoms with Crippen molar-refractivity contribution in [3.8, 4) is 0 Å². The largest absolute Gasteiger partial charge is 0.383 e. The van der Waals surface area contributed by atoms with E-state index in [-0.39, 0.29) is 11.7 Å². The van der Waals surface area contributed by atoms with Crippen LogP contribution < -0.4 is 10.2 Å². The van der Waals surface area contributed by atoms with Crippen molar-refractivity contribution >= 4 is 17.5 Å². The molecule has 21 heavy (non-hydrogen) atoms. The minimum absolute atomic E-state index is 0.0207. The summed E-state index contributed by atoms with van der Waals surface area (Å²) in [7, 11) is 1.60. The number of ether oxygens (including phenoxy) is 1. The molecule has 8 nitrogen and oxygen atoms in total. The van der Waals surface area contributed by atoms with Crippen LogP contribution in [-0.4, -0.2) is 47.7 Å². The van der Waals surface area contributed by atoms with Crippen molar-refractivity contribution < 1.29 is 9.66 Å². The van der Waals surface area contributed by atoms with Gasteiger partial charge in [0.1, 0.15) is 6.20 Å². The summed E-state index contributed by atoms with van der Waals surface area (Å²) in [5, 5.41) is 14.2. The average Bonchev–Trinajstić information content (AvgIpc) is 2.46. The SMILES string of the molecule is CCCNc1ncc([N+](=O)[O-])c(N(CC)C(C)COC)n1. The topological polar surface area (TPSA) is 93.4 Å². The third-order valence-corrected chi connectivity index (χ3v) is 3.03. The van der Waals surface area contributed by atoms with Crippen LogP contribution in [0.15, 0.2) is 6.20 Å². The Morgan fingerprint density at radius 2 is 2.24 bits per heavy atom. The molecule has 1 unspecified atom stereocenters. The second kappa shape index (κ2) is 8.35. The number of aromatic nitrogens is 2. The van der Waals surface area contributed by atoms with Crippen molar-refractivity contribution in [1.82, 2.24) is 9.97 Å². The van der Waals surface area contributed by atoms with Crippen LogP contribution in [0.25, 0.3) is 0 Å². The lowest BCUT2D eigenvalue weighted by molar-refractivity contribution is -0.384. The maximum absolute atomic E-state index is 11.2. The van der Waals surface area contributed by atoms with Crippen LogP contribution in [0.1, 0.15) is 27.2 Å². The molecule has 0 saturated carbocycles. The molecule has 1 heterocycles. The first-order chi connectivity index (χ1) is 10.0. The predicted octanol–water partition coefficient (Wildman–Crippen LogP) is 2.07. The van der Waals surface area contributed by atoms with Crippen LogP contribution in [0.3, 0.4) is 0 Å². The van der Waals surface area contributed by atoms with Crippen molar-refractivity contribution in [2.24, 2.45) is 0 Å². The van der Waals surface area contributed by atoms with E-state index >= 15 is 0 Å². The summed E-state index contributed by atoms with van der Waals surface area (Å²) in [6, 6.07) is -0.0207. The monoisotopic (exact) mass is 297 g/mol. The molecule has 0 amide bonds. The molecule has 1 aromatic rings. The molecular formula is C13H23N5O3. The Balaban J connectivity index is 3.16. The molecule has 0 bridgehead atoms. The Morgan fingerprint density at radius 1 is 1.52 bits per heavy atom. The number of rotatable bonds is 9. The fourth-order valence-corrected chi connectivity index (χ4v) is 2.03. The van der Waals surface area contributed by atoms with E-state index in [0.29, 0.717) is 24.9 Å². The van der Waals surface area contributed by atoms with Gasteiger partial charge in [-0.25, -0.2) is 4.98 Å². The lowest BCUT2D eigenvalue weighted by Crippen LogP contribution is -2.37. The minimum Gasteiger partial charge on any atom is -0.383 e. The van der Waals surface area contributed by atoms with Gasteiger partial charge in [0.05, 0.1) is 17.6 Å². The van der Waals surface area contributed by atoms with Gasteiger partial charge < -0.3 is 15.0 Å². The van der Waals surface area contributed by atoms with E-state index < -0.39 is 4.92 Å². The summed E-state index contributed by atoms with van der Waals surface area (Å²) < 4.78 is 5.13. The number of nitro groups is 1. The molecule has 1 rings (SSSR count). The van der Waals surface area contributed by atoms with Crippen molar-refractivity contribution in [1.29, 1.82) is 0 Å². The van der Waals surface area contributed by atoms with Crippen LogP contribution >= 0.6 is 0 Å². The highest BCUT2D eigenvalue weighted by Crippen LogP contribution is 2.27. The highest BCUT2D eigenvalue weighted by atomic mass is 16.6. The van der Waals surface area contributed by atoms with E-state index in [4.69, 9.17) is 4.74 Å². The minimum atomic E-state index is -0.457. The molecule has 0 fully saturated rings. The van der Waals surface area contributed by atoms with Gasteiger partial charge in [-0.3, -0.25) is 10.1 Å². The molecule has 0 aliphatic rings. The molecule has 0 aliphatic carbocycles. The van der Waals surface area contributed by atoms with E-state index in [1.54, 1.807) is 7.11 Å². The molecule has 0 aliphatic heterocycles. The van der Waals surface area contributed by atoms with Crippen LogP contribution in [-0.2, 0) is 4.74 Å². The second-order valence-electron chi connectivity index (χ2n) is 4.68. The summed E-state index contributed by atoms with van der Waals surface area (Å²) >= 11 is 0. The smallest absolute Gasteiger partial charge is 0.329 e.